The highest BCUT2D eigenvalue weighted by Crippen LogP contribution is 2.50. The maximum Gasteiger partial charge on any atom is 0.228 e. The molecule has 0 saturated heterocycles. The summed E-state index contributed by atoms with van der Waals surface area (Å²) in [5, 5.41) is 5.35. The van der Waals surface area contributed by atoms with E-state index in [-0.39, 0.29) is 35.5 Å². The third-order valence-electron chi connectivity index (χ3n) is 3.35. The van der Waals surface area contributed by atoms with Crippen LogP contribution in [0.15, 0.2) is 24.6 Å². The van der Waals surface area contributed by atoms with Crippen molar-refractivity contribution in [3.05, 3.63) is 24.6 Å². The summed E-state index contributed by atoms with van der Waals surface area (Å²) in [6.45, 7) is 0. The van der Waals surface area contributed by atoms with E-state index in [1.165, 1.54) is 0 Å². The van der Waals surface area contributed by atoms with Crippen LogP contribution in [0.25, 0.3) is 0 Å². The number of fused-ring (bicyclic) bond motifs is 4. The second-order valence-electron chi connectivity index (χ2n) is 3.94. The van der Waals surface area contributed by atoms with Crippen molar-refractivity contribution in [1.29, 1.82) is 0 Å². The Balaban J connectivity index is 1.98. The summed E-state index contributed by atoms with van der Waals surface area (Å²) >= 11 is 0. The van der Waals surface area contributed by atoms with Crippen LogP contribution in [0.1, 0.15) is 0 Å². The molecule has 0 spiro atoms. The van der Waals surface area contributed by atoms with Crippen molar-refractivity contribution in [1.82, 2.24) is 10.6 Å². The second kappa shape index (κ2) is 2.47. The Morgan fingerprint density at radius 3 is 1.71 bits per heavy atom. The molecule has 2 amide bonds. The Hall–Kier alpha value is -1.58. The molecular weight excluding hydrogens is 180 g/mol. The molecule has 0 bridgehead atoms. The molecule has 2 aliphatic heterocycles. The van der Waals surface area contributed by atoms with Crippen LogP contribution < -0.4 is 10.6 Å². The fraction of sp³-hybridized carbons (Fsp3) is 0.400. The molecular formula is C10H10N2O2. The van der Waals surface area contributed by atoms with Crippen LogP contribution in [-0.4, -0.2) is 11.8 Å². The van der Waals surface area contributed by atoms with Crippen LogP contribution in [-0.2, 0) is 9.59 Å². The molecule has 0 atom stereocenters. The van der Waals surface area contributed by atoms with Gasteiger partial charge in [0.15, 0.2) is 0 Å². The van der Waals surface area contributed by atoms with Crippen LogP contribution in [0.5, 0.6) is 0 Å². The fourth-order valence-electron chi connectivity index (χ4n) is 2.67. The second-order valence-corrected chi connectivity index (χ2v) is 3.94. The lowest BCUT2D eigenvalue weighted by Crippen LogP contribution is -2.60. The summed E-state index contributed by atoms with van der Waals surface area (Å²) in [4.78, 5) is 23.0. The molecule has 2 N–H and O–H groups in total. The highest BCUT2D eigenvalue weighted by molar-refractivity contribution is 5.90. The Morgan fingerprint density at radius 2 is 1.29 bits per heavy atom. The highest BCUT2D eigenvalue weighted by atomic mass is 16.2. The van der Waals surface area contributed by atoms with Gasteiger partial charge in [-0.05, 0) is 0 Å². The van der Waals surface area contributed by atoms with E-state index in [0.717, 1.165) is 0 Å². The van der Waals surface area contributed by atoms with Crippen molar-refractivity contribution in [3.63, 3.8) is 0 Å². The van der Waals surface area contributed by atoms with Gasteiger partial charge in [-0.2, -0.15) is 0 Å². The van der Waals surface area contributed by atoms with Crippen molar-refractivity contribution < 1.29 is 9.59 Å². The molecule has 0 aromatic carbocycles. The van der Waals surface area contributed by atoms with E-state index in [1.54, 1.807) is 12.4 Å². The van der Waals surface area contributed by atoms with Gasteiger partial charge in [-0.25, -0.2) is 0 Å². The van der Waals surface area contributed by atoms with Gasteiger partial charge in [0, 0.05) is 24.2 Å². The number of carbonyl (C=O) groups is 2. The van der Waals surface area contributed by atoms with Crippen LogP contribution in [0.3, 0.4) is 0 Å². The predicted octanol–water partition coefficient (Wildman–Crippen LogP) is -0.248. The summed E-state index contributed by atoms with van der Waals surface area (Å²) in [6, 6.07) is 0. The Kier molecular flexibility index (Phi) is 1.37. The Morgan fingerprint density at radius 1 is 0.857 bits per heavy atom. The van der Waals surface area contributed by atoms with Gasteiger partial charge in [0.25, 0.3) is 0 Å². The van der Waals surface area contributed by atoms with E-state index >= 15 is 0 Å². The molecule has 1 fully saturated rings. The molecule has 72 valence electrons. The maximum absolute atomic E-state index is 11.5. The van der Waals surface area contributed by atoms with Gasteiger partial charge >= 0.3 is 0 Å². The summed E-state index contributed by atoms with van der Waals surface area (Å²) in [6.07, 6.45) is 7.13. The average Bonchev–Trinajstić information content (AvgIpc) is 2.13. The molecule has 4 heteroatoms. The summed E-state index contributed by atoms with van der Waals surface area (Å²) in [7, 11) is 0. The van der Waals surface area contributed by atoms with Crippen LogP contribution in [0, 0.1) is 23.7 Å². The molecule has 0 aromatic heterocycles. The minimum Gasteiger partial charge on any atom is -0.333 e. The number of hydrogen-bond acceptors (Lipinski definition) is 2. The van der Waals surface area contributed by atoms with E-state index in [0.29, 0.717) is 0 Å². The number of nitrogens with one attached hydrogen (secondary N) is 2. The normalized spacial score (nSPS) is 43.1. The molecule has 0 unspecified atom stereocenters. The van der Waals surface area contributed by atoms with Crippen molar-refractivity contribution in [2.24, 2.45) is 23.7 Å². The first-order valence-corrected chi connectivity index (χ1v) is 4.73. The van der Waals surface area contributed by atoms with Gasteiger partial charge < -0.3 is 10.6 Å². The number of carbonyl (C=O) groups excluding carboxylic acids is 2. The topological polar surface area (TPSA) is 58.2 Å². The smallest absolute Gasteiger partial charge is 0.228 e. The van der Waals surface area contributed by atoms with Gasteiger partial charge in [-0.15, -0.1) is 0 Å². The lowest BCUT2D eigenvalue weighted by molar-refractivity contribution is -0.145. The molecule has 1 saturated carbocycles. The zero-order chi connectivity index (χ0) is 9.71. The first-order chi connectivity index (χ1) is 6.79. The standard InChI is InChI=1S/C10H10N2O2/c13-9-7-5(1-3-11-9)8-6(7)2-4-12-10(8)14/h1-8H,(H,11,13)(H,12,14). The fourth-order valence-corrected chi connectivity index (χ4v) is 2.67. The average molecular weight is 190 g/mol. The molecule has 3 aliphatic rings. The minimum atomic E-state index is -0.0349. The Labute approximate surface area is 81.0 Å². The molecule has 2 heterocycles. The maximum atomic E-state index is 11.5. The van der Waals surface area contributed by atoms with E-state index in [4.69, 9.17) is 0 Å². The van der Waals surface area contributed by atoms with Crippen molar-refractivity contribution in [3.8, 4) is 0 Å². The molecule has 1 aliphatic carbocycles. The van der Waals surface area contributed by atoms with Gasteiger partial charge in [0.05, 0.1) is 11.8 Å². The molecule has 0 aromatic rings. The van der Waals surface area contributed by atoms with E-state index in [1.807, 2.05) is 12.2 Å². The Bertz CT molecular complexity index is 328. The van der Waals surface area contributed by atoms with E-state index < -0.39 is 0 Å². The van der Waals surface area contributed by atoms with Gasteiger partial charge in [-0.1, -0.05) is 12.2 Å². The molecule has 0 radical (unpaired) electrons. The zero-order valence-corrected chi connectivity index (χ0v) is 7.44. The largest absolute Gasteiger partial charge is 0.333 e. The lowest BCUT2D eigenvalue weighted by Gasteiger charge is -2.50. The van der Waals surface area contributed by atoms with E-state index in [9.17, 15) is 9.59 Å². The third-order valence-corrected chi connectivity index (χ3v) is 3.35. The monoisotopic (exact) mass is 190 g/mol. The van der Waals surface area contributed by atoms with E-state index in [2.05, 4.69) is 10.6 Å². The van der Waals surface area contributed by atoms with Gasteiger partial charge in [0.2, 0.25) is 11.8 Å². The van der Waals surface area contributed by atoms with Crippen LogP contribution >= 0.6 is 0 Å². The predicted molar refractivity (Wildman–Crippen MR) is 48.5 cm³/mol. The SMILES string of the molecule is O=C1NC=CC2C1C1C=CNC(=O)C21. The number of amides is 2. The van der Waals surface area contributed by atoms with Crippen LogP contribution in [0.4, 0.5) is 0 Å². The number of hydrogen-bond donors (Lipinski definition) is 2. The summed E-state index contributed by atoms with van der Waals surface area (Å²) < 4.78 is 0. The molecule has 4 nitrogen and oxygen atoms in total. The summed E-state index contributed by atoms with van der Waals surface area (Å²) in [5.74, 6) is 0.202. The number of allylic oxidation sites excluding steroid dienone is 2. The summed E-state index contributed by atoms with van der Waals surface area (Å²) in [5.41, 5.74) is 0. The van der Waals surface area contributed by atoms with Crippen molar-refractivity contribution in [2.45, 2.75) is 0 Å². The van der Waals surface area contributed by atoms with Crippen LogP contribution in [0.2, 0.25) is 0 Å². The third kappa shape index (κ3) is 0.780. The van der Waals surface area contributed by atoms with Crippen molar-refractivity contribution >= 4 is 11.8 Å². The first-order valence-electron chi connectivity index (χ1n) is 4.73. The van der Waals surface area contributed by atoms with Crippen molar-refractivity contribution in [2.75, 3.05) is 0 Å². The molecule has 14 heavy (non-hydrogen) atoms. The molecule has 3 rings (SSSR count). The lowest BCUT2D eigenvalue weighted by atomic mass is 9.54. The zero-order valence-electron chi connectivity index (χ0n) is 7.44. The first kappa shape index (κ1) is 7.79. The minimum absolute atomic E-state index is 0.0349. The van der Waals surface area contributed by atoms with Gasteiger partial charge in [-0.3, -0.25) is 9.59 Å². The number of rotatable bonds is 0. The highest BCUT2D eigenvalue weighted by Gasteiger charge is 2.56. The van der Waals surface area contributed by atoms with Gasteiger partial charge in [0.1, 0.15) is 0 Å². The quantitative estimate of drug-likeness (QED) is 0.553.